The summed E-state index contributed by atoms with van der Waals surface area (Å²) in [4.78, 5) is 65.3. The van der Waals surface area contributed by atoms with Crippen LogP contribution in [0.1, 0.15) is 11.1 Å². The molecule has 0 saturated heterocycles. The van der Waals surface area contributed by atoms with Crippen molar-refractivity contribution >= 4 is 67.9 Å². The molecule has 0 aliphatic carbocycles. The van der Waals surface area contributed by atoms with Crippen molar-refractivity contribution in [3.63, 3.8) is 0 Å². The van der Waals surface area contributed by atoms with Crippen LogP contribution in [-0.4, -0.2) is 29.1 Å². The summed E-state index contributed by atoms with van der Waals surface area (Å²) in [6.07, 6.45) is 3.47. The molecule has 0 aliphatic heterocycles. The van der Waals surface area contributed by atoms with Crippen molar-refractivity contribution in [2.45, 2.75) is 12.8 Å². The van der Waals surface area contributed by atoms with E-state index in [1.54, 1.807) is 23.2 Å². The van der Waals surface area contributed by atoms with Crippen molar-refractivity contribution in [1.82, 2.24) is 29.1 Å². The van der Waals surface area contributed by atoms with Crippen molar-refractivity contribution < 1.29 is 0 Å². The Balaban J connectivity index is 1.41. The molecule has 0 aromatic carbocycles. The highest BCUT2D eigenvalue weighted by Crippen LogP contribution is 2.24. The molecule has 2 N–H and O–H groups in total. The van der Waals surface area contributed by atoms with Crippen LogP contribution in [0.5, 0.6) is 0 Å². The molecule has 6 aromatic heterocycles. The van der Waals surface area contributed by atoms with Gasteiger partial charge >= 0.3 is 0 Å². The summed E-state index contributed by atoms with van der Waals surface area (Å²) in [6, 6.07) is 5.53. The fourth-order valence-corrected chi connectivity index (χ4v) is 6.18. The third kappa shape index (κ3) is 4.11. The number of hydrogen-bond acceptors (Lipinski definition) is 8. The van der Waals surface area contributed by atoms with Crippen molar-refractivity contribution in [2.24, 2.45) is 0 Å². The van der Waals surface area contributed by atoms with Crippen LogP contribution in [0.4, 0.5) is 0 Å². The predicted octanol–water partition coefficient (Wildman–Crippen LogP) is 3.68. The average Bonchev–Trinajstić information content (AvgIpc) is 3.58. The average molecular weight is 585 g/mol. The summed E-state index contributed by atoms with van der Waals surface area (Å²) in [6.45, 7) is 0. The van der Waals surface area contributed by atoms with E-state index in [-0.39, 0.29) is 56.1 Å². The van der Waals surface area contributed by atoms with Crippen LogP contribution in [0.3, 0.4) is 0 Å². The monoisotopic (exact) mass is 584 g/mol. The molecule has 6 heterocycles. The summed E-state index contributed by atoms with van der Waals surface area (Å²) in [5.41, 5.74) is -0.517. The molecule has 0 bridgehead atoms. The number of aromatic nitrogens is 6. The minimum atomic E-state index is -0.431. The minimum absolute atomic E-state index is 0.118. The second-order valence-electron chi connectivity index (χ2n) is 8.23. The lowest BCUT2D eigenvalue weighted by Crippen LogP contribution is -2.22. The van der Waals surface area contributed by atoms with Crippen LogP contribution in [0.2, 0.25) is 10.3 Å². The molecule has 10 nitrogen and oxygen atoms in total. The molecule has 0 atom stereocenters. The highest BCUT2D eigenvalue weighted by atomic mass is 35.5. The molecule has 0 fully saturated rings. The molecular weight excluding hydrogens is 571 g/mol. The van der Waals surface area contributed by atoms with Gasteiger partial charge < -0.3 is 9.97 Å². The Hall–Kier alpha value is -3.84. The number of aryl methyl sites for hydroxylation is 2. The summed E-state index contributed by atoms with van der Waals surface area (Å²) < 4.78 is 3.00. The zero-order valence-corrected chi connectivity index (χ0v) is 22.2. The Bertz CT molecular complexity index is 1940. The number of fused-ring (bicyclic) bond motifs is 2. The van der Waals surface area contributed by atoms with Gasteiger partial charge in [-0.15, -0.1) is 22.7 Å². The lowest BCUT2D eigenvalue weighted by Gasteiger charge is -2.12. The van der Waals surface area contributed by atoms with E-state index >= 15 is 0 Å². The van der Waals surface area contributed by atoms with Gasteiger partial charge in [-0.25, -0.2) is 9.97 Å². The Morgan fingerprint density at radius 2 is 1.11 bits per heavy atom. The number of rotatable bonds is 5. The van der Waals surface area contributed by atoms with E-state index in [9.17, 15) is 19.2 Å². The molecule has 190 valence electrons. The lowest BCUT2D eigenvalue weighted by molar-refractivity contribution is 0.912. The molecule has 6 aromatic rings. The van der Waals surface area contributed by atoms with Gasteiger partial charge in [0.1, 0.15) is 21.6 Å². The van der Waals surface area contributed by atoms with E-state index in [0.29, 0.717) is 21.4 Å². The van der Waals surface area contributed by atoms with Crippen molar-refractivity contribution in [1.29, 1.82) is 0 Å². The zero-order chi connectivity index (χ0) is 26.6. The normalized spacial score (nSPS) is 11.5. The largest absolute Gasteiger partial charge is 0.307 e. The third-order valence-corrected chi connectivity index (χ3v) is 8.05. The van der Waals surface area contributed by atoms with Gasteiger partial charge in [0.05, 0.1) is 10.8 Å². The van der Waals surface area contributed by atoms with Crippen LogP contribution in [0, 0.1) is 0 Å². The molecule has 0 amide bonds. The zero-order valence-electron chi connectivity index (χ0n) is 19.0. The van der Waals surface area contributed by atoms with Gasteiger partial charge in [-0.3, -0.25) is 28.3 Å². The molecule has 0 unspecified atom stereocenters. The number of thiazole rings is 2. The maximum atomic E-state index is 13.0. The number of hydrogen-bond donors (Lipinski definition) is 2. The number of nitrogens with one attached hydrogen (secondary N) is 2. The van der Waals surface area contributed by atoms with Crippen molar-refractivity contribution in [3.8, 4) is 10.3 Å². The van der Waals surface area contributed by atoms with Gasteiger partial charge in [-0.2, -0.15) is 0 Å². The first-order valence-corrected chi connectivity index (χ1v) is 13.6. The molecule has 0 spiro atoms. The highest BCUT2D eigenvalue weighted by molar-refractivity contribution is 7.12. The van der Waals surface area contributed by atoms with E-state index in [4.69, 9.17) is 23.2 Å². The first-order chi connectivity index (χ1) is 18.3. The molecule has 38 heavy (non-hydrogen) atoms. The van der Waals surface area contributed by atoms with Crippen LogP contribution in [-0.2, 0) is 12.8 Å². The van der Waals surface area contributed by atoms with Gasteiger partial charge in [-0.05, 0) is 25.0 Å². The Labute approximate surface area is 229 Å². The smallest absolute Gasteiger partial charge is 0.252 e. The topological polar surface area (TPSA) is 136 Å². The molecule has 0 aliphatic rings. The number of aromatic amines is 2. The minimum Gasteiger partial charge on any atom is -0.307 e. The fourth-order valence-electron chi connectivity index (χ4n) is 4.24. The van der Waals surface area contributed by atoms with Crippen LogP contribution in [0.15, 0.2) is 66.6 Å². The quantitative estimate of drug-likeness (QED) is 0.297. The van der Waals surface area contributed by atoms with Crippen LogP contribution >= 0.6 is 45.9 Å². The first-order valence-electron chi connectivity index (χ1n) is 11.1. The maximum Gasteiger partial charge on any atom is 0.252 e. The number of pyridine rings is 4. The van der Waals surface area contributed by atoms with Crippen molar-refractivity contribution in [2.75, 3.05) is 0 Å². The summed E-state index contributed by atoms with van der Waals surface area (Å²) in [5.74, 6) is 0. The van der Waals surface area contributed by atoms with Gasteiger partial charge in [0, 0.05) is 46.4 Å². The second-order valence-corrected chi connectivity index (χ2v) is 10.8. The summed E-state index contributed by atoms with van der Waals surface area (Å²) >= 11 is 15.2. The molecule has 0 radical (unpaired) electrons. The van der Waals surface area contributed by atoms with Crippen LogP contribution < -0.4 is 22.0 Å². The molecular formula is C24H14Cl2N6O4S2. The van der Waals surface area contributed by atoms with E-state index in [2.05, 4.69) is 19.9 Å². The number of halogens is 2. The Morgan fingerprint density at radius 1 is 0.684 bits per heavy atom. The maximum absolute atomic E-state index is 13.0. The standard InChI is InChI=1S/C24H14Cl2N6O4S2/c25-17-9-15(33)13-7-11(21(35)29-19(13)31(17)23-27-3-5-37-23)1-2-12-8-14-16(34)10-18(26)32(20(14)30-22(12)36)24-28-4-6-38-24/h3-10H,1-2H2,(H,29,35)(H,30,36). The fraction of sp³-hybridized carbons (Fsp3) is 0.0833. The predicted molar refractivity (Wildman–Crippen MR) is 149 cm³/mol. The first kappa shape index (κ1) is 24.5. The van der Waals surface area contributed by atoms with Gasteiger partial charge in [-0.1, -0.05) is 23.2 Å². The second kappa shape index (κ2) is 9.48. The SMILES string of the molecule is O=c1[nH]c2c(cc1CCc1cc3c(=O)cc(Cl)n(-c4nccs4)c3[nH]c1=O)c(=O)cc(Cl)n2-c1nccs1. The lowest BCUT2D eigenvalue weighted by atomic mass is 10.0. The van der Waals surface area contributed by atoms with E-state index in [0.717, 1.165) is 0 Å². The highest BCUT2D eigenvalue weighted by Gasteiger charge is 2.17. The van der Waals surface area contributed by atoms with Crippen molar-refractivity contribution in [3.05, 3.63) is 110 Å². The summed E-state index contributed by atoms with van der Waals surface area (Å²) in [5, 5.41) is 5.25. The van der Waals surface area contributed by atoms with Gasteiger partial charge in [0.15, 0.2) is 21.1 Å². The van der Waals surface area contributed by atoms with Gasteiger partial charge in [0.2, 0.25) is 0 Å². The van der Waals surface area contributed by atoms with E-state index in [1.807, 2.05) is 0 Å². The number of nitrogens with zero attached hydrogens (tertiary/aromatic N) is 4. The molecule has 0 saturated carbocycles. The summed E-state index contributed by atoms with van der Waals surface area (Å²) in [7, 11) is 0. The van der Waals surface area contributed by atoms with E-state index < -0.39 is 11.1 Å². The number of H-pyrrole nitrogens is 2. The van der Waals surface area contributed by atoms with Crippen LogP contribution in [0.25, 0.3) is 32.3 Å². The Kier molecular flexibility index (Phi) is 6.11. The Morgan fingerprint density at radius 3 is 1.47 bits per heavy atom. The van der Waals surface area contributed by atoms with E-state index in [1.165, 1.54) is 56.1 Å². The molecule has 14 heteroatoms. The van der Waals surface area contributed by atoms with Gasteiger partial charge in [0.25, 0.3) is 11.1 Å². The third-order valence-electron chi connectivity index (χ3n) is 5.99. The molecule has 6 rings (SSSR count).